The summed E-state index contributed by atoms with van der Waals surface area (Å²) >= 11 is 0. The van der Waals surface area contributed by atoms with Crippen LogP contribution in [0.3, 0.4) is 0 Å². The molecule has 0 aromatic carbocycles. The van der Waals surface area contributed by atoms with Crippen LogP contribution in [0, 0.1) is 5.41 Å². The highest BCUT2D eigenvalue weighted by Crippen LogP contribution is 2.69. The van der Waals surface area contributed by atoms with Crippen molar-refractivity contribution in [3.63, 3.8) is 0 Å². The third-order valence-electron chi connectivity index (χ3n) is 5.15. The molecule has 1 aliphatic carbocycles. The van der Waals surface area contributed by atoms with Gasteiger partial charge in [0, 0.05) is 4.91 Å². The minimum atomic E-state index is -0.576. The number of esters is 1. The third-order valence-corrected chi connectivity index (χ3v) is 5.15. The molecule has 3 aliphatic heterocycles. The number of carbonyl (C=O) groups is 1. The Labute approximate surface area is 130 Å². The van der Waals surface area contributed by atoms with Crippen molar-refractivity contribution in [2.24, 2.45) is 10.5 Å². The molecule has 0 unspecified atom stereocenters. The van der Waals surface area contributed by atoms with Crippen molar-refractivity contribution in [2.45, 2.75) is 63.3 Å². The normalized spacial score (nSPS) is 35.6. The maximum absolute atomic E-state index is 12.9. The van der Waals surface area contributed by atoms with Crippen LogP contribution in [0.15, 0.2) is 5.11 Å². The zero-order chi connectivity index (χ0) is 16.1. The first-order valence-corrected chi connectivity index (χ1v) is 7.92. The van der Waals surface area contributed by atoms with Crippen LogP contribution in [0.25, 0.3) is 10.4 Å². The van der Waals surface area contributed by atoms with Crippen LogP contribution in [0.4, 0.5) is 0 Å². The van der Waals surface area contributed by atoms with Crippen molar-refractivity contribution in [3.8, 4) is 0 Å². The van der Waals surface area contributed by atoms with Gasteiger partial charge in [0.2, 0.25) is 0 Å². The summed E-state index contributed by atoms with van der Waals surface area (Å²) < 4.78 is 12.1. The van der Waals surface area contributed by atoms with Gasteiger partial charge >= 0.3 is 5.97 Å². The van der Waals surface area contributed by atoms with Gasteiger partial charge in [0.25, 0.3) is 0 Å². The summed E-state index contributed by atoms with van der Waals surface area (Å²) in [6.07, 6.45) is 2.80. The molecule has 4 rings (SSSR count). The Balaban J connectivity index is 1.88. The Morgan fingerprint density at radius 3 is 2.55 bits per heavy atom. The molecule has 4 aliphatic rings. The minimum absolute atomic E-state index is 0.157. The summed E-state index contributed by atoms with van der Waals surface area (Å²) in [4.78, 5) is 15.7. The number of carbonyl (C=O) groups excluding carboxylic acids is 1. The summed E-state index contributed by atoms with van der Waals surface area (Å²) in [5, 5.41) is 7.02. The fraction of sp³-hybridized carbons (Fsp3) is 0.933. The fourth-order valence-electron chi connectivity index (χ4n) is 4.38. The summed E-state index contributed by atoms with van der Waals surface area (Å²) in [6.45, 7) is 7.63. The van der Waals surface area contributed by atoms with E-state index in [1.807, 2.05) is 20.8 Å². The van der Waals surface area contributed by atoms with Crippen LogP contribution in [-0.2, 0) is 14.3 Å². The predicted molar refractivity (Wildman–Crippen MR) is 80.2 cm³/mol. The SMILES string of the molecule is CC(C)(C)OC(=O)C12CC(CN=[N+]=[N-])(C1)OC21CCNCC1. The minimum Gasteiger partial charge on any atom is -0.459 e. The lowest BCUT2D eigenvalue weighted by atomic mass is 9.54. The largest absolute Gasteiger partial charge is 0.459 e. The monoisotopic (exact) mass is 308 g/mol. The highest BCUT2D eigenvalue weighted by Gasteiger charge is 2.78. The van der Waals surface area contributed by atoms with Crippen molar-refractivity contribution >= 4 is 5.97 Å². The van der Waals surface area contributed by atoms with Crippen LogP contribution in [0.2, 0.25) is 0 Å². The van der Waals surface area contributed by atoms with Crippen LogP contribution in [0.5, 0.6) is 0 Å². The Morgan fingerprint density at radius 2 is 2.00 bits per heavy atom. The molecule has 3 saturated heterocycles. The molecule has 3 heterocycles. The first-order valence-electron chi connectivity index (χ1n) is 7.92. The predicted octanol–water partition coefficient (Wildman–Crippen LogP) is 2.31. The molecule has 7 heteroatoms. The van der Waals surface area contributed by atoms with Crippen LogP contribution in [0.1, 0.15) is 46.5 Å². The molecular weight excluding hydrogens is 284 g/mol. The highest BCUT2D eigenvalue weighted by molar-refractivity contribution is 5.82. The quantitative estimate of drug-likeness (QED) is 0.374. The van der Waals surface area contributed by atoms with E-state index in [4.69, 9.17) is 15.0 Å². The summed E-state index contributed by atoms with van der Waals surface area (Å²) in [5.41, 5.74) is 6.56. The molecule has 122 valence electrons. The molecule has 0 radical (unpaired) electrons. The van der Waals surface area contributed by atoms with E-state index in [0.29, 0.717) is 19.4 Å². The Hall–Kier alpha value is -1.30. The topological polar surface area (TPSA) is 96.3 Å². The zero-order valence-electron chi connectivity index (χ0n) is 13.5. The molecule has 0 atom stereocenters. The van der Waals surface area contributed by atoms with Gasteiger partial charge in [-0.25, -0.2) is 0 Å². The first kappa shape index (κ1) is 15.6. The van der Waals surface area contributed by atoms with Gasteiger partial charge in [-0.1, -0.05) is 5.11 Å². The summed E-state index contributed by atoms with van der Waals surface area (Å²) in [7, 11) is 0. The molecule has 0 aromatic rings. The zero-order valence-corrected chi connectivity index (χ0v) is 13.5. The number of azide groups is 1. The second-order valence-electron chi connectivity index (χ2n) is 7.86. The smallest absolute Gasteiger partial charge is 0.315 e. The molecule has 1 spiro atoms. The van der Waals surface area contributed by atoms with E-state index in [1.54, 1.807) is 0 Å². The molecular formula is C15H24N4O3. The number of ether oxygens (including phenoxy) is 2. The summed E-state index contributed by atoms with van der Waals surface area (Å²) in [6, 6.07) is 0. The number of hydrogen-bond acceptors (Lipinski definition) is 5. The number of nitrogens with zero attached hydrogens (tertiary/aromatic N) is 3. The van der Waals surface area contributed by atoms with Crippen molar-refractivity contribution in [2.75, 3.05) is 19.6 Å². The molecule has 7 nitrogen and oxygen atoms in total. The lowest BCUT2D eigenvalue weighted by Gasteiger charge is -2.47. The van der Waals surface area contributed by atoms with Crippen LogP contribution in [-0.4, -0.2) is 42.4 Å². The lowest BCUT2D eigenvalue weighted by Crippen LogP contribution is -2.59. The maximum Gasteiger partial charge on any atom is 0.315 e. The van der Waals surface area contributed by atoms with Gasteiger partial charge in [-0.05, 0) is 65.1 Å². The van der Waals surface area contributed by atoms with E-state index in [0.717, 1.165) is 25.9 Å². The van der Waals surface area contributed by atoms with E-state index in [2.05, 4.69) is 15.3 Å². The fourth-order valence-corrected chi connectivity index (χ4v) is 4.38. The first-order chi connectivity index (χ1) is 10.3. The standard InChI is InChI=1S/C15H24N4O3/c1-12(2,3)21-11(20)14-8-13(9-14,10-18-19-16)22-15(14)4-6-17-7-5-15/h17H,4-10H2,1-3H3. The molecule has 1 N–H and O–H groups in total. The van der Waals surface area contributed by atoms with Crippen molar-refractivity contribution in [3.05, 3.63) is 10.4 Å². The lowest BCUT2D eigenvalue weighted by molar-refractivity contribution is -0.178. The highest BCUT2D eigenvalue weighted by atomic mass is 16.6. The van der Waals surface area contributed by atoms with Crippen molar-refractivity contribution < 1.29 is 14.3 Å². The third kappa shape index (κ3) is 2.19. The van der Waals surface area contributed by atoms with Crippen LogP contribution < -0.4 is 5.32 Å². The van der Waals surface area contributed by atoms with Gasteiger partial charge < -0.3 is 14.8 Å². The van der Waals surface area contributed by atoms with Gasteiger partial charge in [-0.3, -0.25) is 4.79 Å². The van der Waals surface area contributed by atoms with Gasteiger partial charge in [-0.2, -0.15) is 0 Å². The second kappa shape index (κ2) is 4.85. The van der Waals surface area contributed by atoms with Gasteiger partial charge in [-0.15, -0.1) is 0 Å². The van der Waals surface area contributed by atoms with Crippen molar-refractivity contribution in [1.29, 1.82) is 0 Å². The molecule has 0 amide bonds. The van der Waals surface area contributed by atoms with E-state index >= 15 is 0 Å². The number of nitrogens with one attached hydrogen (secondary N) is 1. The molecule has 4 fully saturated rings. The van der Waals surface area contributed by atoms with Crippen molar-refractivity contribution in [1.82, 2.24) is 5.32 Å². The van der Waals surface area contributed by atoms with Gasteiger partial charge in [0.05, 0.1) is 17.7 Å². The molecule has 0 aromatic heterocycles. The van der Waals surface area contributed by atoms with Gasteiger partial charge in [0.1, 0.15) is 11.0 Å². The van der Waals surface area contributed by atoms with E-state index in [9.17, 15) is 4.79 Å². The Kier molecular flexibility index (Phi) is 3.43. The number of hydrogen-bond donors (Lipinski definition) is 1. The maximum atomic E-state index is 12.9. The van der Waals surface area contributed by atoms with Gasteiger partial charge in [0.15, 0.2) is 0 Å². The number of rotatable bonds is 3. The molecule has 2 bridgehead atoms. The second-order valence-corrected chi connectivity index (χ2v) is 7.86. The van der Waals surface area contributed by atoms with E-state index < -0.39 is 22.2 Å². The Bertz CT molecular complexity index is 521. The molecule has 1 saturated carbocycles. The van der Waals surface area contributed by atoms with Crippen LogP contribution >= 0.6 is 0 Å². The average Bonchev–Trinajstić information content (AvgIpc) is 2.80. The summed E-state index contributed by atoms with van der Waals surface area (Å²) in [5.74, 6) is -0.157. The average molecular weight is 308 g/mol. The Morgan fingerprint density at radius 1 is 1.36 bits per heavy atom. The molecule has 22 heavy (non-hydrogen) atoms. The van der Waals surface area contributed by atoms with E-state index in [1.165, 1.54) is 0 Å². The number of piperidine rings is 1. The van der Waals surface area contributed by atoms with E-state index in [-0.39, 0.29) is 5.97 Å².